The Kier molecular flexibility index (Phi) is 4.54. The third-order valence-corrected chi connectivity index (χ3v) is 2.24. The van der Waals surface area contributed by atoms with Crippen molar-refractivity contribution in [1.82, 2.24) is 15.0 Å². The van der Waals surface area contributed by atoms with E-state index in [9.17, 15) is 0 Å². The van der Waals surface area contributed by atoms with Crippen LogP contribution in [0.5, 0.6) is 23.5 Å². The van der Waals surface area contributed by atoms with Gasteiger partial charge >= 0.3 is 12.0 Å². The van der Waals surface area contributed by atoms with Crippen molar-refractivity contribution < 1.29 is 14.2 Å². The lowest BCUT2D eigenvalue weighted by molar-refractivity contribution is 0.297. The average Bonchev–Trinajstić information content (AvgIpc) is 2.41. The van der Waals surface area contributed by atoms with Crippen LogP contribution in [0.15, 0.2) is 24.3 Å². The molecular weight excluding hydrogens is 260 g/mol. The number of anilines is 1. The van der Waals surface area contributed by atoms with Gasteiger partial charge in [-0.25, -0.2) is 0 Å². The van der Waals surface area contributed by atoms with E-state index in [1.165, 1.54) is 0 Å². The zero-order chi connectivity index (χ0) is 14.4. The minimum atomic E-state index is 0.0346. The van der Waals surface area contributed by atoms with Gasteiger partial charge in [0.25, 0.3) is 0 Å². The molecule has 0 atom stereocenters. The van der Waals surface area contributed by atoms with Crippen molar-refractivity contribution in [3.8, 4) is 23.5 Å². The molecule has 0 bridgehead atoms. The fourth-order valence-corrected chi connectivity index (χ4v) is 1.50. The highest BCUT2D eigenvalue weighted by molar-refractivity contribution is 5.41. The number of aromatic nitrogens is 3. The van der Waals surface area contributed by atoms with Crippen molar-refractivity contribution in [2.45, 2.75) is 13.8 Å². The Morgan fingerprint density at radius 3 is 2.25 bits per heavy atom. The second kappa shape index (κ2) is 6.55. The quantitative estimate of drug-likeness (QED) is 0.862. The summed E-state index contributed by atoms with van der Waals surface area (Å²) in [7, 11) is 0. The zero-order valence-electron chi connectivity index (χ0n) is 11.4. The molecule has 0 aliphatic rings. The van der Waals surface area contributed by atoms with E-state index in [0.29, 0.717) is 24.7 Å². The lowest BCUT2D eigenvalue weighted by Gasteiger charge is -2.10. The van der Waals surface area contributed by atoms with Gasteiger partial charge in [0.1, 0.15) is 0 Å². The molecule has 0 aliphatic carbocycles. The summed E-state index contributed by atoms with van der Waals surface area (Å²) < 4.78 is 16.2. The highest BCUT2D eigenvalue weighted by atomic mass is 16.5. The summed E-state index contributed by atoms with van der Waals surface area (Å²) in [5.41, 5.74) is 5.59. The number of nitrogens with zero attached hydrogens (tertiary/aromatic N) is 3. The maximum absolute atomic E-state index is 5.59. The van der Waals surface area contributed by atoms with E-state index in [2.05, 4.69) is 15.0 Å². The Bertz CT molecular complexity index is 577. The standard InChI is InChI=1S/C13H16N4O3/c1-3-18-9-7-5-6-8-10(9)20-13-16-11(14)15-12(17-13)19-4-2/h5-8H,3-4H2,1-2H3,(H2,14,15,16,17). The zero-order valence-corrected chi connectivity index (χ0v) is 11.4. The number of ether oxygens (including phenoxy) is 3. The molecule has 2 aromatic rings. The predicted molar refractivity (Wildman–Crippen MR) is 73.1 cm³/mol. The molecule has 0 fully saturated rings. The predicted octanol–water partition coefficient (Wildman–Crippen LogP) is 2.04. The molecule has 2 N–H and O–H groups in total. The van der Waals surface area contributed by atoms with Crippen LogP contribution < -0.4 is 19.9 Å². The highest BCUT2D eigenvalue weighted by Gasteiger charge is 2.10. The molecule has 1 aromatic carbocycles. The fourth-order valence-electron chi connectivity index (χ4n) is 1.50. The first-order valence-corrected chi connectivity index (χ1v) is 6.27. The van der Waals surface area contributed by atoms with Gasteiger partial charge in [0.15, 0.2) is 11.5 Å². The molecule has 1 heterocycles. The number of hydrogen-bond acceptors (Lipinski definition) is 7. The number of para-hydroxylation sites is 2. The van der Waals surface area contributed by atoms with Crippen molar-refractivity contribution in [3.63, 3.8) is 0 Å². The van der Waals surface area contributed by atoms with Crippen LogP contribution in [0.4, 0.5) is 5.95 Å². The Hall–Kier alpha value is -2.57. The van der Waals surface area contributed by atoms with E-state index in [4.69, 9.17) is 19.9 Å². The molecule has 106 valence electrons. The van der Waals surface area contributed by atoms with Gasteiger partial charge in [-0.3, -0.25) is 0 Å². The second-order valence-corrected chi connectivity index (χ2v) is 3.67. The second-order valence-electron chi connectivity index (χ2n) is 3.67. The smallest absolute Gasteiger partial charge is 0.330 e. The Morgan fingerprint density at radius 1 is 0.900 bits per heavy atom. The van der Waals surface area contributed by atoms with Crippen molar-refractivity contribution in [2.75, 3.05) is 18.9 Å². The molecule has 0 saturated carbocycles. The molecule has 0 unspecified atom stereocenters. The largest absolute Gasteiger partial charge is 0.490 e. The third kappa shape index (κ3) is 3.47. The maximum Gasteiger partial charge on any atom is 0.330 e. The molecule has 0 spiro atoms. The normalized spacial score (nSPS) is 10.1. The average molecular weight is 276 g/mol. The van der Waals surface area contributed by atoms with Gasteiger partial charge in [-0.05, 0) is 26.0 Å². The van der Waals surface area contributed by atoms with E-state index in [0.717, 1.165) is 0 Å². The summed E-state index contributed by atoms with van der Waals surface area (Å²) in [6.45, 7) is 4.68. The van der Waals surface area contributed by atoms with Gasteiger partial charge in [0.2, 0.25) is 5.95 Å². The molecule has 1 aromatic heterocycles. The summed E-state index contributed by atoms with van der Waals surface area (Å²) >= 11 is 0. The van der Waals surface area contributed by atoms with Crippen LogP contribution in [0.25, 0.3) is 0 Å². The molecule has 0 amide bonds. The van der Waals surface area contributed by atoms with E-state index < -0.39 is 0 Å². The van der Waals surface area contributed by atoms with E-state index >= 15 is 0 Å². The summed E-state index contributed by atoms with van der Waals surface area (Å²) in [5, 5.41) is 0. The summed E-state index contributed by atoms with van der Waals surface area (Å²) in [6, 6.07) is 7.42. The first-order chi connectivity index (χ1) is 9.72. The molecule has 20 heavy (non-hydrogen) atoms. The van der Waals surface area contributed by atoms with Crippen molar-refractivity contribution in [1.29, 1.82) is 0 Å². The first kappa shape index (κ1) is 13.9. The van der Waals surface area contributed by atoms with Gasteiger partial charge in [0, 0.05) is 0 Å². The highest BCUT2D eigenvalue weighted by Crippen LogP contribution is 2.30. The van der Waals surface area contributed by atoms with E-state index in [1.807, 2.05) is 26.0 Å². The minimum absolute atomic E-state index is 0.0346. The summed E-state index contributed by atoms with van der Waals surface area (Å²) in [6.07, 6.45) is 0. The van der Waals surface area contributed by atoms with E-state index in [1.54, 1.807) is 12.1 Å². The van der Waals surface area contributed by atoms with Gasteiger partial charge in [-0.2, -0.15) is 9.97 Å². The lowest BCUT2D eigenvalue weighted by Crippen LogP contribution is -2.05. The minimum Gasteiger partial charge on any atom is -0.490 e. The number of rotatable bonds is 6. The van der Waals surface area contributed by atoms with Crippen molar-refractivity contribution in [2.24, 2.45) is 0 Å². The summed E-state index contributed by atoms with van der Waals surface area (Å²) in [4.78, 5) is 11.8. The molecule has 0 aliphatic heterocycles. The third-order valence-electron chi connectivity index (χ3n) is 2.24. The molecule has 0 saturated heterocycles. The number of benzene rings is 1. The molecular formula is C13H16N4O3. The van der Waals surface area contributed by atoms with Crippen LogP contribution in [0.3, 0.4) is 0 Å². The van der Waals surface area contributed by atoms with Gasteiger partial charge in [-0.15, -0.1) is 4.98 Å². The fraction of sp³-hybridized carbons (Fsp3) is 0.308. The van der Waals surface area contributed by atoms with Gasteiger partial charge in [0.05, 0.1) is 13.2 Å². The van der Waals surface area contributed by atoms with Gasteiger partial charge in [-0.1, -0.05) is 12.1 Å². The Balaban J connectivity index is 2.25. The lowest BCUT2D eigenvalue weighted by atomic mass is 10.3. The van der Waals surface area contributed by atoms with Crippen LogP contribution in [0.2, 0.25) is 0 Å². The number of hydrogen-bond donors (Lipinski definition) is 1. The molecule has 2 rings (SSSR count). The number of nitrogen functional groups attached to an aromatic ring is 1. The molecule has 7 nitrogen and oxygen atoms in total. The van der Waals surface area contributed by atoms with Crippen LogP contribution in [0, 0.1) is 0 Å². The first-order valence-electron chi connectivity index (χ1n) is 6.27. The van der Waals surface area contributed by atoms with Crippen molar-refractivity contribution >= 4 is 5.95 Å². The Labute approximate surface area is 116 Å². The molecule has 7 heteroatoms. The number of nitrogens with two attached hydrogens (primary N) is 1. The van der Waals surface area contributed by atoms with Crippen LogP contribution in [0.1, 0.15) is 13.8 Å². The SMILES string of the molecule is CCOc1nc(N)nc(Oc2ccccc2OCC)n1. The summed E-state index contributed by atoms with van der Waals surface area (Å²) in [5.74, 6) is 1.14. The van der Waals surface area contributed by atoms with Crippen LogP contribution in [-0.4, -0.2) is 28.2 Å². The molecule has 0 radical (unpaired) electrons. The van der Waals surface area contributed by atoms with E-state index in [-0.39, 0.29) is 18.0 Å². The monoisotopic (exact) mass is 276 g/mol. The van der Waals surface area contributed by atoms with Crippen molar-refractivity contribution in [3.05, 3.63) is 24.3 Å². The Morgan fingerprint density at radius 2 is 1.55 bits per heavy atom. The van der Waals surface area contributed by atoms with Crippen LogP contribution >= 0.6 is 0 Å². The maximum atomic E-state index is 5.59. The van der Waals surface area contributed by atoms with Crippen LogP contribution in [-0.2, 0) is 0 Å². The van der Waals surface area contributed by atoms with Gasteiger partial charge < -0.3 is 19.9 Å². The topological polar surface area (TPSA) is 92.4 Å².